The van der Waals surface area contributed by atoms with E-state index in [-0.39, 0.29) is 10.8 Å². The van der Waals surface area contributed by atoms with Gasteiger partial charge < -0.3 is 4.98 Å². The number of hydrogen-bond acceptors (Lipinski definition) is 3. The van der Waals surface area contributed by atoms with Crippen molar-refractivity contribution in [3.05, 3.63) is 18.2 Å². The Morgan fingerprint density at radius 2 is 2.18 bits per heavy atom. The predicted molar refractivity (Wildman–Crippen MR) is 74.1 cm³/mol. The molecule has 96 valence electrons. The third-order valence-electron chi connectivity index (χ3n) is 2.29. The van der Waals surface area contributed by atoms with Crippen LogP contribution in [0.4, 0.5) is 0 Å². The normalized spacial score (nSPS) is 14.0. The van der Waals surface area contributed by atoms with Crippen molar-refractivity contribution in [2.75, 3.05) is 14.1 Å². The number of aromatic nitrogens is 2. The Morgan fingerprint density at radius 1 is 1.53 bits per heavy atom. The molecule has 0 spiro atoms. The quantitative estimate of drug-likeness (QED) is 0.837. The molecule has 0 unspecified atom stereocenters. The number of hydrogen-bond donors (Lipinski definition) is 1. The molecule has 1 rings (SSSR count). The maximum atomic E-state index is 10.2. The van der Waals surface area contributed by atoms with E-state index in [9.17, 15) is 4.79 Å². The van der Waals surface area contributed by atoms with Gasteiger partial charge in [-0.1, -0.05) is 20.8 Å². The van der Waals surface area contributed by atoms with Crippen LogP contribution in [-0.4, -0.2) is 49.7 Å². The number of nitrogens with zero attached hydrogens (tertiary/aromatic N) is 2. The fourth-order valence-corrected chi connectivity index (χ4v) is 2.53. The molecule has 0 aliphatic rings. The maximum absolute atomic E-state index is 10.2. The van der Waals surface area contributed by atoms with Gasteiger partial charge in [0.1, 0.15) is 6.04 Å². The van der Waals surface area contributed by atoms with Gasteiger partial charge >= 0.3 is 5.12 Å². The Balaban J connectivity index is 2.69. The van der Waals surface area contributed by atoms with E-state index in [1.54, 1.807) is 12.5 Å². The van der Waals surface area contributed by atoms with Gasteiger partial charge in [-0.25, -0.2) is 4.98 Å². The first-order chi connectivity index (χ1) is 7.79. The molecular weight excluding hydrogens is 234 g/mol. The summed E-state index contributed by atoms with van der Waals surface area (Å²) in [5, 5.41) is 0.456. The van der Waals surface area contributed by atoms with Crippen molar-refractivity contribution in [1.82, 2.24) is 14.9 Å². The number of imidazole rings is 1. The van der Waals surface area contributed by atoms with Crippen molar-refractivity contribution in [1.29, 1.82) is 0 Å². The highest BCUT2D eigenvalue weighted by molar-refractivity contribution is 8.14. The van der Waals surface area contributed by atoms with Crippen LogP contribution < -0.4 is 0 Å². The van der Waals surface area contributed by atoms with Crippen LogP contribution in [0, 0.1) is 0 Å². The van der Waals surface area contributed by atoms with Crippen LogP contribution in [0.1, 0.15) is 26.5 Å². The molecule has 1 aromatic heterocycles. The molecule has 17 heavy (non-hydrogen) atoms. The van der Waals surface area contributed by atoms with Crippen LogP contribution in [0.3, 0.4) is 0 Å². The van der Waals surface area contributed by atoms with Crippen molar-refractivity contribution in [2.45, 2.75) is 38.0 Å². The van der Waals surface area contributed by atoms with E-state index in [1.807, 2.05) is 19.0 Å². The third kappa shape index (κ3) is 4.91. The summed E-state index contributed by atoms with van der Waals surface area (Å²) in [6, 6.07) is -0.000301. The van der Waals surface area contributed by atoms with Crippen LogP contribution >= 0.6 is 11.8 Å². The molecule has 4 nitrogen and oxygen atoms in total. The smallest absolute Gasteiger partial charge is 0.348 e. The monoisotopic (exact) mass is 256 g/mol. The van der Waals surface area contributed by atoms with E-state index in [2.05, 4.69) is 30.7 Å². The second kappa shape index (κ2) is 5.69. The molecule has 1 aromatic rings. The Bertz CT molecular complexity index is 354. The summed E-state index contributed by atoms with van der Waals surface area (Å²) in [6.45, 7) is 6.28. The van der Waals surface area contributed by atoms with E-state index in [0.29, 0.717) is 5.12 Å². The molecule has 5 heteroatoms. The molecule has 0 aliphatic carbocycles. The number of carbonyl (C=O) groups excluding carboxylic acids is 1. The minimum absolute atomic E-state index is 0.000301. The zero-order valence-corrected chi connectivity index (χ0v) is 12.0. The van der Waals surface area contributed by atoms with Gasteiger partial charge in [-0.3, -0.25) is 9.69 Å². The summed E-state index contributed by atoms with van der Waals surface area (Å²) in [4.78, 5) is 19.3. The molecule has 0 saturated carbocycles. The fourth-order valence-electron chi connectivity index (χ4n) is 1.48. The molecular formula is C12H22N3OS+. The van der Waals surface area contributed by atoms with Crippen LogP contribution in [0.2, 0.25) is 0 Å². The molecule has 0 aliphatic heterocycles. The number of thioether (sulfide) groups is 1. The van der Waals surface area contributed by atoms with E-state index >= 15 is 0 Å². The highest BCUT2D eigenvalue weighted by Gasteiger charge is 2.32. The molecule has 0 aromatic carbocycles. The molecule has 0 bridgehead atoms. The molecule has 0 fully saturated rings. The molecule has 0 radical (unpaired) electrons. The van der Waals surface area contributed by atoms with Crippen molar-refractivity contribution < 1.29 is 4.79 Å². The molecule has 0 saturated heterocycles. The first kappa shape index (κ1) is 14.3. The van der Waals surface area contributed by atoms with Gasteiger partial charge in [-0.2, -0.15) is 0 Å². The lowest BCUT2D eigenvalue weighted by Crippen LogP contribution is -2.38. The highest BCUT2D eigenvalue weighted by atomic mass is 32.2. The summed E-state index contributed by atoms with van der Waals surface area (Å²) in [5.41, 5.74) is 1.03. The number of rotatable bonds is 4. The van der Waals surface area contributed by atoms with Crippen LogP contribution in [0.25, 0.3) is 0 Å². The Hall–Kier alpha value is -0.810. The van der Waals surface area contributed by atoms with Crippen molar-refractivity contribution in [3.63, 3.8) is 0 Å². The van der Waals surface area contributed by atoms with Crippen LogP contribution in [0.15, 0.2) is 12.5 Å². The van der Waals surface area contributed by atoms with E-state index in [0.717, 1.165) is 12.1 Å². The van der Waals surface area contributed by atoms with Gasteiger partial charge in [-0.05, 0) is 25.9 Å². The molecule has 1 atom stereocenters. The minimum atomic E-state index is -0.000301. The van der Waals surface area contributed by atoms with Crippen molar-refractivity contribution in [2.24, 2.45) is 0 Å². The average molecular weight is 256 g/mol. The second-order valence-electron chi connectivity index (χ2n) is 5.31. The van der Waals surface area contributed by atoms with Crippen LogP contribution in [-0.2, 0) is 6.42 Å². The fraction of sp³-hybridized carbons (Fsp3) is 0.667. The third-order valence-corrected chi connectivity index (χ3v) is 3.38. The second-order valence-corrected chi connectivity index (χ2v) is 7.16. The lowest BCUT2D eigenvalue weighted by atomic mass is 10.2. The average Bonchev–Trinajstić information content (AvgIpc) is 2.62. The van der Waals surface area contributed by atoms with Gasteiger partial charge in [-0.15, -0.1) is 0 Å². The zero-order valence-electron chi connectivity index (χ0n) is 11.2. The first-order valence-corrected chi connectivity index (χ1v) is 6.50. The van der Waals surface area contributed by atoms with Gasteiger partial charge in [0.25, 0.3) is 0 Å². The lowest BCUT2D eigenvalue weighted by Gasteiger charge is -2.22. The number of likely N-dealkylation sites (N-methyl/N-ethyl adjacent to an activating group) is 1. The maximum Gasteiger partial charge on any atom is 0.368 e. The standard InChI is InChI=1S/C12H21N3OS/c1-12(2,3)17-11(16)10(15(4)5)6-9-7-13-8-14-9/h7-8,10H,6H2,1-5H3,(H,13,14)/p+1/t10-/m0/s1. The topological polar surface area (TPSA) is 53.3 Å². The summed E-state index contributed by atoms with van der Waals surface area (Å²) in [7, 11) is 3.95. The minimum Gasteiger partial charge on any atom is -0.348 e. The SMILES string of the molecule is CN(C)[C@@H](Cc1cnc[nH]1)C(=[OH+])SC(C)(C)C. The number of nitrogens with one attached hydrogen (secondary N) is 1. The largest absolute Gasteiger partial charge is 0.368 e. The van der Waals surface area contributed by atoms with E-state index < -0.39 is 0 Å². The number of H-pyrrole nitrogens is 1. The van der Waals surface area contributed by atoms with Crippen molar-refractivity contribution >= 4 is 16.9 Å². The van der Waals surface area contributed by atoms with Crippen molar-refractivity contribution in [3.8, 4) is 0 Å². The Labute approximate surface area is 107 Å². The highest BCUT2D eigenvalue weighted by Crippen LogP contribution is 2.26. The van der Waals surface area contributed by atoms with Gasteiger partial charge in [0.05, 0.1) is 6.33 Å². The molecule has 2 N–H and O–H groups in total. The summed E-state index contributed by atoms with van der Waals surface area (Å²) < 4.78 is 0.0202. The van der Waals surface area contributed by atoms with Gasteiger partial charge in [0, 0.05) is 23.1 Å². The molecule has 0 amide bonds. The summed E-state index contributed by atoms with van der Waals surface area (Å²) in [6.07, 6.45) is 4.20. The predicted octanol–water partition coefficient (Wildman–Crippen LogP) is 1.92. The number of aromatic amines is 1. The summed E-state index contributed by atoms with van der Waals surface area (Å²) in [5.74, 6) is 0. The Morgan fingerprint density at radius 3 is 2.59 bits per heavy atom. The lowest BCUT2D eigenvalue weighted by molar-refractivity contribution is 0.350. The molecule has 1 heterocycles. The van der Waals surface area contributed by atoms with Gasteiger partial charge in [0.2, 0.25) is 0 Å². The van der Waals surface area contributed by atoms with E-state index in [4.69, 9.17) is 0 Å². The zero-order chi connectivity index (χ0) is 13.1. The van der Waals surface area contributed by atoms with E-state index in [1.165, 1.54) is 11.8 Å². The van der Waals surface area contributed by atoms with Gasteiger partial charge in [0.15, 0.2) is 0 Å². The van der Waals surface area contributed by atoms with Crippen LogP contribution in [0.5, 0.6) is 0 Å². The Kier molecular flexibility index (Phi) is 4.77. The summed E-state index contributed by atoms with van der Waals surface area (Å²) >= 11 is 1.51. The first-order valence-electron chi connectivity index (χ1n) is 5.68.